The Morgan fingerprint density at radius 1 is 1.35 bits per heavy atom. The number of carboxylic acids is 1. The minimum atomic E-state index is -4.53. The van der Waals surface area contributed by atoms with E-state index in [9.17, 15) is 22.5 Å². The second kappa shape index (κ2) is 5.22. The van der Waals surface area contributed by atoms with E-state index in [1.54, 1.807) is 0 Å². The molecule has 0 unspecified atom stereocenters. The first-order valence-electron chi connectivity index (χ1n) is 6.03. The zero-order valence-corrected chi connectivity index (χ0v) is 11.9. The van der Waals surface area contributed by atoms with Crippen LogP contribution in [0.3, 0.4) is 0 Å². The van der Waals surface area contributed by atoms with Crippen molar-refractivity contribution in [1.82, 2.24) is 14.4 Å². The van der Waals surface area contributed by atoms with Crippen molar-refractivity contribution >= 4 is 30.6 Å². The van der Waals surface area contributed by atoms with Gasteiger partial charge in [0.05, 0.1) is 0 Å². The average molecular weight is 339 g/mol. The molecule has 0 aliphatic carbocycles. The number of carbonyl (C=O) groups is 1. The zero-order chi connectivity index (χ0) is 16.8. The van der Waals surface area contributed by atoms with Crippen LogP contribution in [0.25, 0.3) is 16.7 Å². The summed E-state index contributed by atoms with van der Waals surface area (Å²) in [6, 6.07) is 2.84. The summed E-state index contributed by atoms with van der Waals surface area (Å²) < 4.78 is 50.3. The van der Waals surface area contributed by atoms with Crippen LogP contribution < -0.4 is 0 Å². The molecule has 10 heteroatoms. The first kappa shape index (κ1) is 15.3. The number of hydrogen-bond donors (Lipinski definition) is 1. The van der Waals surface area contributed by atoms with Gasteiger partial charge in [0.25, 0.3) is 0 Å². The topological polar surface area (TPSA) is 84.6 Å². The predicted octanol–water partition coefficient (Wildman–Crippen LogP) is 3.20. The molecule has 0 fully saturated rings. The van der Waals surface area contributed by atoms with Crippen molar-refractivity contribution in [2.24, 2.45) is 0 Å². The molecule has 0 bridgehead atoms. The fourth-order valence-corrected chi connectivity index (χ4v) is 2.48. The Bertz CT molecular complexity index is 1070. The van der Waals surface area contributed by atoms with E-state index in [0.717, 1.165) is 24.4 Å². The molecule has 0 saturated carbocycles. The molecule has 0 aliphatic rings. The SMILES string of the molecule is O=P#Cc1c(C(=O)O)nc2cnc3cc(C(F)(F)F)ccc3n12. The molecule has 0 spiro atoms. The molecule has 2 aromatic heterocycles. The van der Waals surface area contributed by atoms with Crippen molar-refractivity contribution in [1.29, 1.82) is 0 Å². The normalized spacial score (nSPS) is 11.6. The van der Waals surface area contributed by atoms with Crippen LogP contribution in [0.1, 0.15) is 21.7 Å². The number of rotatable bonds is 1. The molecule has 23 heavy (non-hydrogen) atoms. The molecular weight excluding hydrogens is 334 g/mol. The van der Waals surface area contributed by atoms with Crippen LogP contribution in [-0.4, -0.2) is 25.4 Å². The van der Waals surface area contributed by atoms with Gasteiger partial charge in [0.1, 0.15) is 0 Å². The van der Waals surface area contributed by atoms with Gasteiger partial charge in [-0.15, -0.1) is 0 Å². The molecule has 0 aliphatic heterocycles. The Morgan fingerprint density at radius 3 is 2.70 bits per heavy atom. The van der Waals surface area contributed by atoms with Gasteiger partial charge in [-0.2, -0.15) is 0 Å². The van der Waals surface area contributed by atoms with Gasteiger partial charge < -0.3 is 0 Å². The Hall–Kier alpha value is -2.63. The average Bonchev–Trinajstić information content (AvgIpc) is 2.85. The molecule has 1 aromatic carbocycles. The maximum absolute atomic E-state index is 12.8. The Morgan fingerprint density at radius 2 is 2.09 bits per heavy atom. The summed E-state index contributed by atoms with van der Waals surface area (Å²) in [5.41, 5.74) is 1.18. The van der Waals surface area contributed by atoms with Crippen LogP contribution in [0.15, 0.2) is 24.4 Å². The number of fused-ring (bicyclic) bond motifs is 3. The molecule has 116 valence electrons. The first-order valence-corrected chi connectivity index (χ1v) is 6.84. The summed E-state index contributed by atoms with van der Waals surface area (Å²) in [5.74, 6) is -1.38. The number of hydrogen-bond acceptors (Lipinski definition) is 4. The third-order valence-electron chi connectivity index (χ3n) is 3.12. The van der Waals surface area contributed by atoms with E-state index in [1.807, 2.05) is 0 Å². The fourth-order valence-electron chi connectivity index (χ4n) is 2.18. The molecule has 0 atom stereocenters. The van der Waals surface area contributed by atoms with Crippen LogP contribution in [0.4, 0.5) is 13.2 Å². The third-order valence-corrected chi connectivity index (χ3v) is 3.42. The van der Waals surface area contributed by atoms with E-state index in [1.165, 1.54) is 4.40 Å². The predicted molar refractivity (Wildman–Crippen MR) is 73.1 cm³/mol. The zero-order valence-electron chi connectivity index (χ0n) is 11.0. The molecule has 0 saturated heterocycles. The van der Waals surface area contributed by atoms with E-state index in [4.69, 9.17) is 5.11 Å². The van der Waals surface area contributed by atoms with Crippen molar-refractivity contribution in [2.75, 3.05) is 0 Å². The Balaban J connectivity index is 2.44. The second-order valence-corrected chi connectivity index (χ2v) is 4.88. The van der Waals surface area contributed by atoms with Crippen molar-refractivity contribution in [3.05, 3.63) is 41.3 Å². The second-order valence-electron chi connectivity index (χ2n) is 4.47. The fraction of sp³-hybridized carbons (Fsp3) is 0.0769. The molecule has 3 rings (SSSR count). The molecule has 2 heterocycles. The number of imidazole rings is 1. The van der Waals surface area contributed by atoms with Crippen molar-refractivity contribution in [2.45, 2.75) is 6.18 Å². The number of halogens is 3. The molecular formula is C13H5F3N3O3P. The molecule has 0 amide bonds. The van der Waals surface area contributed by atoms with Crippen molar-refractivity contribution in [3.8, 4) is 5.63 Å². The Labute approximate surface area is 126 Å². The van der Waals surface area contributed by atoms with Gasteiger partial charge in [0.2, 0.25) is 0 Å². The van der Waals surface area contributed by atoms with Gasteiger partial charge in [-0.05, 0) is 0 Å². The number of carboxylic acid groups (broad SMARTS) is 1. The molecule has 3 aromatic rings. The third kappa shape index (κ3) is 2.50. The Kier molecular flexibility index (Phi) is 3.47. The van der Waals surface area contributed by atoms with E-state index in [-0.39, 0.29) is 22.4 Å². The first-order chi connectivity index (χ1) is 10.8. The summed E-state index contributed by atoms with van der Waals surface area (Å²) in [5, 5.41) is 9.13. The van der Waals surface area contributed by atoms with Gasteiger partial charge in [-0.1, -0.05) is 0 Å². The number of aromatic nitrogens is 3. The van der Waals surface area contributed by atoms with Crippen molar-refractivity contribution < 1.29 is 27.6 Å². The van der Waals surface area contributed by atoms with E-state index in [2.05, 4.69) is 15.6 Å². The standard InChI is InChI=1S/C13H5F3N3O3P/c14-13(15,16)6-1-2-8-7(3-6)17-4-10-18-11(12(20)21)9(5-23-22)19(8)10/h1-4H,(H,20,21). The van der Waals surface area contributed by atoms with Crippen LogP contribution in [0.5, 0.6) is 0 Å². The number of aromatic carboxylic acids is 1. The van der Waals surface area contributed by atoms with Gasteiger partial charge in [-0.25, -0.2) is 0 Å². The summed E-state index contributed by atoms with van der Waals surface area (Å²) in [4.78, 5) is 18.9. The molecule has 6 nitrogen and oxygen atoms in total. The summed E-state index contributed by atoms with van der Waals surface area (Å²) in [7, 11) is -0.582. The van der Waals surface area contributed by atoms with Crippen molar-refractivity contribution in [3.63, 3.8) is 0 Å². The number of benzene rings is 1. The molecule has 0 radical (unpaired) electrons. The van der Waals surface area contributed by atoms with Crippen LogP contribution in [0.2, 0.25) is 0 Å². The van der Waals surface area contributed by atoms with Crippen LogP contribution in [-0.2, 0) is 10.7 Å². The van der Waals surface area contributed by atoms with Crippen LogP contribution in [0, 0.1) is 5.63 Å². The van der Waals surface area contributed by atoms with Gasteiger partial charge in [0, 0.05) is 0 Å². The van der Waals surface area contributed by atoms with Gasteiger partial charge >= 0.3 is 126 Å². The quantitative estimate of drug-likeness (QED) is 0.688. The van der Waals surface area contributed by atoms with Gasteiger partial charge in [0.15, 0.2) is 0 Å². The minimum absolute atomic E-state index is 0.00715. The maximum atomic E-state index is 12.8. The number of nitrogens with zero attached hydrogens (tertiary/aromatic N) is 3. The molecule has 1 N–H and O–H groups in total. The van der Waals surface area contributed by atoms with Gasteiger partial charge in [-0.3, -0.25) is 0 Å². The van der Waals surface area contributed by atoms with E-state index in [0.29, 0.717) is 0 Å². The van der Waals surface area contributed by atoms with Crippen LogP contribution >= 0.6 is 7.92 Å². The monoisotopic (exact) mass is 339 g/mol. The summed E-state index contributed by atoms with van der Waals surface area (Å²) >= 11 is 0. The number of alkyl halides is 3. The van der Waals surface area contributed by atoms with E-state index < -0.39 is 31.3 Å². The summed E-state index contributed by atoms with van der Waals surface area (Å²) in [6.07, 6.45) is -3.39. The van der Waals surface area contributed by atoms with E-state index >= 15 is 0 Å². The summed E-state index contributed by atoms with van der Waals surface area (Å²) in [6.45, 7) is 0.